The Balaban J connectivity index is 1.78. The van der Waals surface area contributed by atoms with Crippen LogP contribution in [0.2, 0.25) is 5.02 Å². The van der Waals surface area contributed by atoms with Gasteiger partial charge in [0, 0.05) is 17.3 Å². The van der Waals surface area contributed by atoms with Crippen LogP contribution in [-0.2, 0) is 10.0 Å². The lowest BCUT2D eigenvalue weighted by molar-refractivity contribution is 0.102. The second kappa shape index (κ2) is 9.47. The predicted molar refractivity (Wildman–Crippen MR) is 119 cm³/mol. The molecule has 3 aromatic carbocycles. The van der Waals surface area contributed by atoms with Crippen molar-refractivity contribution in [3.8, 4) is 5.75 Å². The van der Waals surface area contributed by atoms with Crippen LogP contribution in [0.15, 0.2) is 90.3 Å². The average Bonchev–Trinajstić information content (AvgIpc) is 2.74. The lowest BCUT2D eigenvalue weighted by Gasteiger charge is -2.11. The number of carbonyl (C=O) groups excluding carboxylic acids is 1. The molecule has 0 saturated heterocycles. The van der Waals surface area contributed by atoms with Gasteiger partial charge in [-0.25, -0.2) is 8.42 Å². The normalized spacial score (nSPS) is 10.8. The molecule has 30 heavy (non-hydrogen) atoms. The van der Waals surface area contributed by atoms with Crippen LogP contribution in [0.5, 0.6) is 5.75 Å². The Labute approximate surface area is 180 Å². The molecule has 8 heteroatoms. The third-order valence-corrected chi connectivity index (χ3v) is 5.68. The second-order valence-corrected chi connectivity index (χ2v) is 8.28. The minimum Gasteiger partial charge on any atom is -0.489 e. The fraction of sp³-hybridized carbons (Fsp3) is 0.0455. The summed E-state index contributed by atoms with van der Waals surface area (Å²) < 4.78 is 33.3. The molecule has 1 amide bonds. The van der Waals surface area contributed by atoms with Gasteiger partial charge in [0.05, 0.1) is 15.6 Å². The third-order valence-electron chi connectivity index (χ3n) is 3.98. The lowest BCUT2D eigenvalue weighted by atomic mass is 10.2. The minimum absolute atomic E-state index is 0.0573. The zero-order valence-corrected chi connectivity index (χ0v) is 17.4. The summed E-state index contributed by atoms with van der Waals surface area (Å²) in [5.74, 6) is 0.124. The Kier molecular flexibility index (Phi) is 6.76. The van der Waals surface area contributed by atoms with E-state index in [1.165, 1.54) is 24.3 Å². The number of benzene rings is 3. The summed E-state index contributed by atoms with van der Waals surface area (Å²) >= 11 is 6.03. The van der Waals surface area contributed by atoms with E-state index in [1.54, 1.807) is 54.6 Å². The SMILES string of the molecule is C=CCOc1cccc(NC(=O)c2cccc(S(=O)(=O)Nc3ccccc3Cl)c2)c1. The van der Waals surface area contributed by atoms with Crippen LogP contribution in [-0.4, -0.2) is 20.9 Å². The number of nitrogens with one attached hydrogen (secondary N) is 2. The van der Waals surface area contributed by atoms with Gasteiger partial charge in [-0.1, -0.05) is 48.5 Å². The third kappa shape index (κ3) is 5.40. The fourth-order valence-corrected chi connectivity index (χ4v) is 3.94. The van der Waals surface area contributed by atoms with E-state index in [0.29, 0.717) is 18.0 Å². The van der Waals surface area contributed by atoms with Crippen molar-refractivity contribution in [2.75, 3.05) is 16.6 Å². The summed E-state index contributed by atoms with van der Waals surface area (Å²) in [4.78, 5) is 12.6. The van der Waals surface area contributed by atoms with Crippen molar-refractivity contribution in [1.82, 2.24) is 0 Å². The van der Waals surface area contributed by atoms with Crippen molar-refractivity contribution in [3.05, 3.63) is 96.0 Å². The molecule has 0 atom stereocenters. The van der Waals surface area contributed by atoms with Gasteiger partial charge in [-0.05, 0) is 42.5 Å². The topological polar surface area (TPSA) is 84.5 Å². The number of anilines is 2. The van der Waals surface area contributed by atoms with Gasteiger partial charge in [0.25, 0.3) is 15.9 Å². The molecule has 3 aromatic rings. The number of carbonyl (C=O) groups is 1. The van der Waals surface area contributed by atoms with E-state index < -0.39 is 15.9 Å². The van der Waals surface area contributed by atoms with Crippen LogP contribution in [0.25, 0.3) is 0 Å². The van der Waals surface area contributed by atoms with Gasteiger partial charge in [-0.2, -0.15) is 0 Å². The molecule has 0 heterocycles. The van der Waals surface area contributed by atoms with Gasteiger partial charge in [0.1, 0.15) is 12.4 Å². The van der Waals surface area contributed by atoms with Gasteiger partial charge in [-0.15, -0.1) is 0 Å². The highest BCUT2D eigenvalue weighted by Crippen LogP contribution is 2.24. The largest absolute Gasteiger partial charge is 0.489 e. The molecule has 2 N–H and O–H groups in total. The molecule has 0 aliphatic heterocycles. The molecule has 6 nitrogen and oxygen atoms in total. The molecule has 154 valence electrons. The lowest BCUT2D eigenvalue weighted by Crippen LogP contribution is -2.16. The predicted octanol–water partition coefficient (Wildman–Crippen LogP) is 4.96. The first-order valence-corrected chi connectivity index (χ1v) is 10.8. The quantitative estimate of drug-likeness (QED) is 0.483. The van der Waals surface area contributed by atoms with Crippen molar-refractivity contribution in [1.29, 1.82) is 0 Å². The molecule has 0 aromatic heterocycles. The standard InChI is InChI=1S/C22H19ClN2O4S/c1-2-13-29-18-9-6-8-17(15-18)24-22(26)16-7-5-10-19(14-16)30(27,28)25-21-12-4-3-11-20(21)23/h2-12,14-15,25H,1,13H2,(H,24,26). The van der Waals surface area contributed by atoms with Gasteiger partial charge in [0.15, 0.2) is 0 Å². The van der Waals surface area contributed by atoms with Crippen LogP contribution >= 0.6 is 11.6 Å². The number of hydrogen-bond donors (Lipinski definition) is 2. The molecule has 0 fully saturated rings. The van der Waals surface area contributed by atoms with Crippen LogP contribution in [0, 0.1) is 0 Å². The van der Waals surface area contributed by atoms with Crippen LogP contribution < -0.4 is 14.8 Å². The highest BCUT2D eigenvalue weighted by atomic mass is 35.5. The maximum Gasteiger partial charge on any atom is 0.261 e. The summed E-state index contributed by atoms with van der Waals surface area (Å²) in [6.45, 7) is 3.93. The molecular formula is C22H19ClN2O4S. The zero-order chi connectivity index (χ0) is 21.6. The van der Waals surface area contributed by atoms with E-state index >= 15 is 0 Å². The monoisotopic (exact) mass is 442 g/mol. The summed E-state index contributed by atoms with van der Waals surface area (Å²) in [6, 6.07) is 19.1. The first kappa shape index (κ1) is 21.4. The molecule has 0 aliphatic rings. The molecule has 0 bridgehead atoms. The Morgan fingerprint density at radius 1 is 1.03 bits per heavy atom. The summed E-state index contributed by atoms with van der Waals surface area (Å²) in [5.41, 5.74) is 0.962. The first-order valence-electron chi connectivity index (χ1n) is 8.91. The van der Waals surface area contributed by atoms with Crippen molar-refractivity contribution < 1.29 is 17.9 Å². The van der Waals surface area contributed by atoms with Crippen LogP contribution in [0.3, 0.4) is 0 Å². The number of halogens is 1. The van der Waals surface area contributed by atoms with Gasteiger partial charge in [0.2, 0.25) is 0 Å². The van der Waals surface area contributed by atoms with Crippen molar-refractivity contribution in [3.63, 3.8) is 0 Å². The Bertz CT molecular complexity index is 1180. The number of amides is 1. The second-order valence-electron chi connectivity index (χ2n) is 6.19. The number of rotatable bonds is 8. The Morgan fingerprint density at radius 2 is 1.80 bits per heavy atom. The number of hydrogen-bond acceptors (Lipinski definition) is 4. The fourth-order valence-electron chi connectivity index (χ4n) is 2.57. The number of sulfonamides is 1. The Morgan fingerprint density at radius 3 is 2.57 bits per heavy atom. The molecule has 0 spiro atoms. The molecule has 3 rings (SSSR count). The summed E-state index contributed by atoms with van der Waals surface area (Å²) in [7, 11) is -3.93. The molecule has 0 unspecified atom stereocenters. The number of ether oxygens (including phenoxy) is 1. The van der Waals surface area contributed by atoms with E-state index in [1.807, 2.05) is 0 Å². The highest BCUT2D eigenvalue weighted by Gasteiger charge is 2.18. The van der Waals surface area contributed by atoms with Gasteiger partial charge >= 0.3 is 0 Å². The average molecular weight is 443 g/mol. The molecule has 0 radical (unpaired) electrons. The van der Waals surface area contributed by atoms with Crippen molar-refractivity contribution in [2.24, 2.45) is 0 Å². The van der Waals surface area contributed by atoms with Gasteiger partial charge < -0.3 is 10.1 Å². The van der Waals surface area contributed by atoms with E-state index in [9.17, 15) is 13.2 Å². The maximum atomic E-state index is 12.7. The molecule has 0 aliphatic carbocycles. The summed E-state index contributed by atoms with van der Waals surface area (Å²) in [6.07, 6.45) is 1.62. The maximum absolute atomic E-state index is 12.7. The van der Waals surface area contributed by atoms with E-state index in [4.69, 9.17) is 16.3 Å². The van der Waals surface area contributed by atoms with Crippen molar-refractivity contribution >= 4 is 38.9 Å². The highest BCUT2D eigenvalue weighted by molar-refractivity contribution is 7.92. The minimum atomic E-state index is -3.93. The molecule has 0 saturated carbocycles. The van der Waals surface area contributed by atoms with E-state index in [2.05, 4.69) is 16.6 Å². The molecular weight excluding hydrogens is 424 g/mol. The zero-order valence-electron chi connectivity index (χ0n) is 15.8. The van der Waals surface area contributed by atoms with E-state index in [-0.39, 0.29) is 21.2 Å². The van der Waals surface area contributed by atoms with Crippen LogP contribution in [0.4, 0.5) is 11.4 Å². The Hall–Kier alpha value is -3.29. The summed E-state index contributed by atoms with van der Waals surface area (Å²) in [5, 5.41) is 3.00. The number of para-hydroxylation sites is 1. The van der Waals surface area contributed by atoms with E-state index in [0.717, 1.165) is 0 Å². The first-order chi connectivity index (χ1) is 14.4. The van der Waals surface area contributed by atoms with Crippen LogP contribution in [0.1, 0.15) is 10.4 Å². The smallest absolute Gasteiger partial charge is 0.261 e. The van der Waals surface area contributed by atoms with Gasteiger partial charge in [-0.3, -0.25) is 9.52 Å². The van der Waals surface area contributed by atoms with Crippen molar-refractivity contribution in [2.45, 2.75) is 4.90 Å².